The number of nitrogens with zero attached hydrogens (tertiary/aromatic N) is 2. The lowest BCUT2D eigenvalue weighted by molar-refractivity contribution is 1.14. The van der Waals surface area contributed by atoms with Gasteiger partial charge in [0.1, 0.15) is 0 Å². The first kappa shape index (κ1) is 41.0. The molecule has 2 heteroatoms. The molecular formula is C61H54N2. The summed E-state index contributed by atoms with van der Waals surface area (Å²) in [4.78, 5) is 4.68. The maximum Gasteiger partial charge on any atom is 0.0462 e. The topological polar surface area (TPSA) is 6.48 Å². The summed E-state index contributed by atoms with van der Waals surface area (Å²) in [5.74, 6) is 0. The van der Waals surface area contributed by atoms with Gasteiger partial charge in [0, 0.05) is 34.1 Å². The fraction of sp³-hybridized carbons (Fsp3) is 0.115. The molecule has 9 rings (SSSR count). The minimum Gasteiger partial charge on any atom is -0.311 e. The van der Waals surface area contributed by atoms with E-state index in [1.165, 1.54) is 66.8 Å². The molecule has 0 aromatic heterocycles. The average Bonchev–Trinajstić information content (AvgIpc) is 3.34. The Labute approximate surface area is 374 Å². The summed E-state index contributed by atoms with van der Waals surface area (Å²) in [5.41, 5.74) is 21.9. The van der Waals surface area contributed by atoms with Crippen molar-refractivity contribution in [3.05, 3.63) is 252 Å². The Morgan fingerprint density at radius 3 is 0.683 bits per heavy atom. The third-order valence-electron chi connectivity index (χ3n) is 12.2. The van der Waals surface area contributed by atoms with Gasteiger partial charge in [0.25, 0.3) is 0 Å². The van der Waals surface area contributed by atoms with Crippen molar-refractivity contribution in [1.82, 2.24) is 0 Å². The second kappa shape index (κ2) is 18.7. The summed E-state index contributed by atoms with van der Waals surface area (Å²) in [6.45, 7) is 8.67. The molecule has 308 valence electrons. The number of rotatable bonds is 13. The molecule has 0 aliphatic rings. The van der Waals surface area contributed by atoms with Gasteiger partial charge in [0.15, 0.2) is 0 Å². The van der Waals surface area contributed by atoms with E-state index in [4.69, 9.17) is 0 Å². The van der Waals surface area contributed by atoms with Gasteiger partial charge in [-0.15, -0.1) is 0 Å². The Balaban J connectivity index is 0.907. The standard InChI is InChI=1S/C61H54N2/c1-5-46-11-19-50(20-12-46)53-25-37-59(38-26-53)62(56-31-7-44(3)8-32-56)58-35-17-49(18-36-58)43-48-15-23-52(24-16-48)55-29-41-61(42-30-55)63(57-33-9-45(4)10-34-57)60-39-27-54(28-40-60)51-21-13-47(6-2)14-22-51/h7-42H,5-6,43H2,1-4H3. The summed E-state index contributed by atoms with van der Waals surface area (Å²) >= 11 is 0. The first-order valence-electron chi connectivity index (χ1n) is 22.3. The summed E-state index contributed by atoms with van der Waals surface area (Å²) in [6, 6.07) is 80.3. The third kappa shape index (κ3) is 9.42. The van der Waals surface area contributed by atoms with Gasteiger partial charge in [-0.2, -0.15) is 0 Å². The molecule has 0 unspecified atom stereocenters. The molecule has 0 saturated carbocycles. The van der Waals surface area contributed by atoms with Crippen LogP contribution in [0.25, 0.3) is 33.4 Å². The van der Waals surface area contributed by atoms with Crippen LogP contribution in [0.4, 0.5) is 34.1 Å². The predicted octanol–water partition coefficient (Wildman–Crippen LogP) is 17.0. The molecule has 0 aliphatic carbocycles. The molecule has 9 aromatic rings. The quantitative estimate of drug-likeness (QED) is 0.114. The summed E-state index contributed by atoms with van der Waals surface area (Å²) in [6.07, 6.45) is 2.96. The summed E-state index contributed by atoms with van der Waals surface area (Å²) in [5, 5.41) is 0. The fourth-order valence-corrected chi connectivity index (χ4v) is 8.37. The highest BCUT2D eigenvalue weighted by molar-refractivity contribution is 5.81. The molecular weight excluding hydrogens is 761 g/mol. The van der Waals surface area contributed by atoms with Crippen LogP contribution in [0.3, 0.4) is 0 Å². The number of aryl methyl sites for hydroxylation is 4. The zero-order chi connectivity index (χ0) is 43.1. The molecule has 0 radical (unpaired) electrons. The smallest absolute Gasteiger partial charge is 0.0462 e. The first-order valence-corrected chi connectivity index (χ1v) is 22.3. The van der Waals surface area contributed by atoms with E-state index in [0.29, 0.717) is 0 Å². The largest absolute Gasteiger partial charge is 0.311 e. The molecule has 0 aliphatic heterocycles. The monoisotopic (exact) mass is 814 g/mol. The van der Waals surface area contributed by atoms with Crippen LogP contribution >= 0.6 is 0 Å². The lowest BCUT2D eigenvalue weighted by Gasteiger charge is -2.26. The van der Waals surface area contributed by atoms with Crippen LogP contribution in [0.5, 0.6) is 0 Å². The number of hydrogen-bond donors (Lipinski definition) is 0. The van der Waals surface area contributed by atoms with Crippen LogP contribution in [0, 0.1) is 13.8 Å². The van der Waals surface area contributed by atoms with E-state index < -0.39 is 0 Å². The molecule has 0 heterocycles. The van der Waals surface area contributed by atoms with E-state index in [9.17, 15) is 0 Å². The number of hydrogen-bond acceptors (Lipinski definition) is 2. The minimum atomic E-state index is 0.865. The fourth-order valence-electron chi connectivity index (χ4n) is 8.37. The highest BCUT2D eigenvalue weighted by Gasteiger charge is 2.15. The highest BCUT2D eigenvalue weighted by atomic mass is 15.1. The molecule has 0 bridgehead atoms. The van der Waals surface area contributed by atoms with Crippen LogP contribution < -0.4 is 9.80 Å². The van der Waals surface area contributed by atoms with Gasteiger partial charge >= 0.3 is 0 Å². The van der Waals surface area contributed by atoms with Crippen molar-refractivity contribution in [1.29, 1.82) is 0 Å². The third-order valence-corrected chi connectivity index (χ3v) is 12.2. The van der Waals surface area contributed by atoms with Crippen LogP contribution in [0.1, 0.15) is 47.2 Å². The van der Waals surface area contributed by atoms with Crippen molar-refractivity contribution >= 4 is 34.1 Å². The Bertz CT molecular complexity index is 2860. The Morgan fingerprint density at radius 2 is 0.429 bits per heavy atom. The predicted molar refractivity (Wildman–Crippen MR) is 270 cm³/mol. The van der Waals surface area contributed by atoms with Gasteiger partial charge in [-0.1, -0.05) is 171 Å². The zero-order valence-electron chi connectivity index (χ0n) is 36.8. The molecule has 0 N–H and O–H groups in total. The Hall–Kier alpha value is -7.42. The molecule has 9 aromatic carbocycles. The maximum atomic E-state index is 2.34. The first-order chi connectivity index (χ1) is 30.9. The minimum absolute atomic E-state index is 0.865. The van der Waals surface area contributed by atoms with Crippen LogP contribution in [0.15, 0.2) is 218 Å². The van der Waals surface area contributed by atoms with Crippen molar-refractivity contribution in [2.75, 3.05) is 9.80 Å². The normalized spacial score (nSPS) is 11.0. The van der Waals surface area contributed by atoms with Crippen molar-refractivity contribution in [3.8, 4) is 33.4 Å². The number of anilines is 6. The van der Waals surface area contributed by atoms with E-state index in [-0.39, 0.29) is 0 Å². The molecule has 0 saturated heterocycles. The lowest BCUT2D eigenvalue weighted by Crippen LogP contribution is -2.10. The van der Waals surface area contributed by atoms with Gasteiger partial charge < -0.3 is 9.80 Å². The van der Waals surface area contributed by atoms with Crippen LogP contribution in [-0.2, 0) is 19.3 Å². The molecule has 0 spiro atoms. The Morgan fingerprint density at radius 1 is 0.238 bits per heavy atom. The van der Waals surface area contributed by atoms with Gasteiger partial charge in [0.2, 0.25) is 0 Å². The molecule has 63 heavy (non-hydrogen) atoms. The number of benzene rings is 9. The molecule has 2 nitrogen and oxygen atoms in total. The van der Waals surface area contributed by atoms with Crippen molar-refractivity contribution in [2.24, 2.45) is 0 Å². The van der Waals surface area contributed by atoms with E-state index >= 15 is 0 Å². The van der Waals surface area contributed by atoms with Crippen molar-refractivity contribution < 1.29 is 0 Å². The summed E-state index contributed by atoms with van der Waals surface area (Å²) in [7, 11) is 0. The second-order valence-electron chi connectivity index (χ2n) is 16.6. The van der Waals surface area contributed by atoms with E-state index in [2.05, 4.69) is 256 Å². The van der Waals surface area contributed by atoms with Crippen LogP contribution in [-0.4, -0.2) is 0 Å². The van der Waals surface area contributed by atoms with Gasteiger partial charge in [-0.3, -0.25) is 0 Å². The van der Waals surface area contributed by atoms with Gasteiger partial charge in [-0.05, 0) is 162 Å². The van der Waals surface area contributed by atoms with Gasteiger partial charge in [0.05, 0.1) is 0 Å². The Kier molecular flexibility index (Phi) is 12.1. The molecule has 0 fully saturated rings. The average molecular weight is 815 g/mol. The molecule has 0 amide bonds. The van der Waals surface area contributed by atoms with Crippen molar-refractivity contribution in [3.63, 3.8) is 0 Å². The van der Waals surface area contributed by atoms with Gasteiger partial charge in [-0.25, -0.2) is 0 Å². The maximum absolute atomic E-state index is 2.34. The van der Waals surface area contributed by atoms with Crippen molar-refractivity contribution in [2.45, 2.75) is 47.0 Å². The summed E-state index contributed by atoms with van der Waals surface area (Å²) < 4.78 is 0. The van der Waals surface area contributed by atoms with E-state index in [1.54, 1.807) is 0 Å². The zero-order valence-corrected chi connectivity index (χ0v) is 36.8. The SMILES string of the molecule is CCc1ccc(-c2ccc(N(c3ccc(C)cc3)c3ccc(Cc4ccc(-c5ccc(N(c6ccc(C)cc6)c6ccc(-c7ccc(CC)cc7)cc6)cc5)cc4)cc3)cc2)cc1. The molecule has 0 atom stereocenters. The van der Waals surface area contributed by atoms with E-state index in [1.807, 2.05) is 0 Å². The second-order valence-corrected chi connectivity index (χ2v) is 16.6. The van der Waals surface area contributed by atoms with Crippen LogP contribution in [0.2, 0.25) is 0 Å². The van der Waals surface area contributed by atoms with E-state index in [0.717, 1.165) is 53.4 Å². The highest BCUT2D eigenvalue weighted by Crippen LogP contribution is 2.38. The lowest BCUT2D eigenvalue weighted by atomic mass is 9.99.